The molecule has 1 aliphatic rings. The monoisotopic (exact) mass is 490 g/mol. The molecule has 14 heteroatoms. The predicted molar refractivity (Wildman–Crippen MR) is 95.2 cm³/mol. The van der Waals surface area contributed by atoms with Crippen molar-refractivity contribution in [2.45, 2.75) is 17.8 Å². The predicted octanol–water partition coefficient (Wildman–Crippen LogP) is 3.27. The zero-order valence-corrected chi connectivity index (χ0v) is 16.1. The molecular formula is C20H8F6O8. The van der Waals surface area contributed by atoms with Crippen LogP contribution in [-0.4, -0.2) is 57.6 Å². The van der Waals surface area contributed by atoms with E-state index in [1.54, 1.807) is 0 Å². The topological polar surface area (TPSA) is 135 Å². The van der Waals surface area contributed by atoms with Gasteiger partial charge < -0.3 is 14.9 Å². The van der Waals surface area contributed by atoms with Crippen LogP contribution in [-0.2, 0) is 14.3 Å². The van der Waals surface area contributed by atoms with Crippen LogP contribution in [0.2, 0.25) is 0 Å². The number of alkyl halides is 6. The molecule has 1 aliphatic carbocycles. The van der Waals surface area contributed by atoms with E-state index >= 15 is 0 Å². The van der Waals surface area contributed by atoms with E-state index < -0.39 is 53.0 Å². The van der Waals surface area contributed by atoms with Gasteiger partial charge in [0.25, 0.3) is 0 Å². The zero-order chi connectivity index (χ0) is 25.8. The van der Waals surface area contributed by atoms with Crippen LogP contribution in [0.5, 0.6) is 0 Å². The minimum absolute atomic E-state index is 0.0847. The van der Waals surface area contributed by atoms with Crippen molar-refractivity contribution in [1.82, 2.24) is 0 Å². The third-order valence-corrected chi connectivity index (χ3v) is 4.80. The first kappa shape index (κ1) is 24.4. The minimum Gasteiger partial charge on any atom is -0.478 e. The number of esters is 2. The van der Waals surface area contributed by atoms with Crippen molar-refractivity contribution in [3.05, 3.63) is 58.7 Å². The van der Waals surface area contributed by atoms with Crippen LogP contribution >= 0.6 is 0 Å². The summed E-state index contributed by atoms with van der Waals surface area (Å²) in [5.41, 5.74) is -0.948. The highest BCUT2D eigenvalue weighted by Crippen LogP contribution is 2.46. The summed E-state index contributed by atoms with van der Waals surface area (Å²) in [4.78, 5) is 57.3. The minimum atomic E-state index is -6.76. The maximum atomic E-state index is 13.7. The highest BCUT2D eigenvalue weighted by atomic mass is 19.3. The van der Waals surface area contributed by atoms with Crippen LogP contribution in [0, 0.1) is 0 Å². The maximum Gasteiger partial charge on any atom is 0.411 e. The number of carbonyl (C=O) groups excluding carboxylic acids is 3. The number of carboxylic acid groups (broad SMARTS) is 2. The van der Waals surface area contributed by atoms with Crippen LogP contribution in [0.15, 0.2) is 36.4 Å². The first-order valence-corrected chi connectivity index (χ1v) is 8.74. The molecule has 0 bridgehead atoms. The van der Waals surface area contributed by atoms with Gasteiger partial charge in [-0.25, -0.2) is 19.2 Å². The fourth-order valence-electron chi connectivity index (χ4n) is 3.01. The van der Waals surface area contributed by atoms with Gasteiger partial charge in [0.1, 0.15) is 0 Å². The lowest BCUT2D eigenvalue weighted by Crippen LogP contribution is -2.61. The second-order valence-electron chi connectivity index (χ2n) is 6.86. The SMILES string of the molecule is O=C(O)c1ccc2c(c1)C(=O)c1cc(C(=O)OC(=O)C(F)(F)C(F)(F)C(F)(F)C(=O)O)ccc1-2. The molecule has 0 aromatic heterocycles. The van der Waals surface area contributed by atoms with Gasteiger partial charge in [-0.05, 0) is 35.4 Å². The summed E-state index contributed by atoms with van der Waals surface area (Å²) in [5, 5.41) is 17.1. The molecule has 178 valence electrons. The van der Waals surface area contributed by atoms with E-state index in [1.165, 1.54) is 12.1 Å². The van der Waals surface area contributed by atoms with Gasteiger partial charge >= 0.3 is 41.6 Å². The number of benzene rings is 2. The van der Waals surface area contributed by atoms with E-state index in [-0.39, 0.29) is 27.8 Å². The molecule has 0 saturated heterocycles. The van der Waals surface area contributed by atoms with E-state index in [4.69, 9.17) is 10.2 Å². The summed E-state index contributed by atoms with van der Waals surface area (Å²) in [7, 11) is 0. The first-order chi connectivity index (χ1) is 15.5. The van der Waals surface area contributed by atoms with E-state index in [2.05, 4.69) is 4.74 Å². The molecule has 0 unspecified atom stereocenters. The highest BCUT2D eigenvalue weighted by molar-refractivity contribution is 6.23. The van der Waals surface area contributed by atoms with Crippen molar-refractivity contribution in [2.24, 2.45) is 0 Å². The van der Waals surface area contributed by atoms with E-state index in [1.807, 2.05) is 0 Å². The Bertz CT molecular complexity index is 1280. The van der Waals surface area contributed by atoms with Gasteiger partial charge in [0.05, 0.1) is 11.1 Å². The third-order valence-electron chi connectivity index (χ3n) is 4.80. The Morgan fingerprint density at radius 2 is 1.18 bits per heavy atom. The quantitative estimate of drug-likeness (QED) is 0.306. The number of aliphatic carboxylic acids is 1. The fourth-order valence-corrected chi connectivity index (χ4v) is 3.01. The summed E-state index contributed by atoms with van der Waals surface area (Å²) in [6.07, 6.45) is 0. The van der Waals surface area contributed by atoms with Crippen LogP contribution < -0.4 is 0 Å². The largest absolute Gasteiger partial charge is 0.478 e. The van der Waals surface area contributed by atoms with Gasteiger partial charge in [0.2, 0.25) is 0 Å². The zero-order valence-electron chi connectivity index (χ0n) is 16.1. The van der Waals surface area contributed by atoms with Crippen molar-refractivity contribution in [1.29, 1.82) is 0 Å². The Hall–Kier alpha value is -4.23. The average Bonchev–Trinajstić information content (AvgIpc) is 3.04. The van der Waals surface area contributed by atoms with Crippen molar-refractivity contribution in [3.63, 3.8) is 0 Å². The standard InChI is InChI=1S/C20H8F6O8/c21-18(22,16(31)32)20(25,26)19(23,24)17(33)34-15(30)8-2-4-10-9-3-1-7(14(28)29)5-11(9)13(27)12(10)6-8/h1-6H,(H,28,29)(H,31,32). The van der Waals surface area contributed by atoms with Crippen molar-refractivity contribution in [2.75, 3.05) is 0 Å². The van der Waals surface area contributed by atoms with E-state index in [0.717, 1.165) is 24.3 Å². The lowest BCUT2D eigenvalue weighted by Gasteiger charge is -2.28. The Balaban J connectivity index is 1.88. The molecule has 0 spiro atoms. The second kappa shape index (κ2) is 7.67. The third kappa shape index (κ3) is 3.47. The first-order valence-electron chi connectivity index (χ1n) is 8.74. The molecule has 3 rings (SSSR count). The molecule has 0 atom stereocenters. The number of carbonyl (C=O) groups is 5. The number of hydrogen-bond acceptors (Lipinski definition) is 6. The van der Waals surface area contributed by atoms with E-state index in [0.29, 0.717) is 0 Å². The Kier molecular flexibility index (Phi) is 5.51. The number of carboxylic acids is 2. The summed E-state index contributed by atoms with van der Waals surface area (Å²) in [5.74, 6) is -30.9. The number of hydrogen-bond donors (Lipinski definition) is 2. The number of aromatic carboxylic acids is 1. The Morgan fingerprint density at radius 1 is 0.706 bits per heavy atom. The van der Waals surface area contributed by atoms with Crippen LogP contribution in [0.3, 0.4) is 0 Å². The molecule has 34 heavy (non-hydrogen) atoms. The van der Waals surface area contributed by atoms with Crippen LogP contribution in [0.25, 0.3) is 11.1 Å². The molecular weight excluding hydrogens is 482 g/mol. The van der Waals surface area contributed by atoms with Crippen molar-refractivity contribution >= 4 is 29.7 Å². The lowest BCUT2D eigenvalue weighted by atomic mass is 10.0. The molecule has 2 N–H and O–H groups in total. The van der Waals surface area contributed by atoms with Crippen LogP contribution in [0.4, 0.5) is 26.3 Å². The molecule has 2 aromatic carbocycles. The number of ketones is 1. The Labute approximate surface area is 183 Å². The molecule has 0 saturated carbocycles. The average molecular weight is 490 g/mol. The molecule has 0 radical (unpaired) electrons. The van der Waals surface area contributed by atoms with Gasteiger partial charge in [0, 0.05) is 11.1 Å². The number of ether oxygens (including phenoxy) is 1. The molecule has 2 aromatic rings. The second-order valence-corrected chi connectivity index (χ2v) is 6.86. The summed E-state index contributed by atoms with van der Waals surface area (Å²) in [6.45, 7) is 0. The Morgan fingerprint density at radius 3 is 1.65 bits per heavy atom. The summed E-state index contributed by atoms with van der Waals surface area (Å²) in [6, 6.07) is 6.16. The number of rotatable bonds is 6. The molecule has 0 aliphatic heterocycles. The van der Waals surface area contributed by atoms with Crippen molar-refractivity contribution in [3.8, 4) is 11.1 Å². The highest BCUT2D eigenvalue weighted by Gasteiger charge is 2.79. The maximum absolute atomic E-state index is 13.7. The smallest absolute Gasteiger partial charge is 0.411 e. The normalized spacial score (nSPS) is 13.2. The molecule has 0 fully saturated rings. The van der Waals surface area contributed by atoms with Gasteiger partial charge in [-0.2, -0.15) is 26.3 Å². The van der Waals surface area contributed by atoms with Crippen LogP contribution in [0.1, 0.15) is 36.6 Å². The van der Waals surface area contributed by atoms with Crippen molar-refractivity contribution < 1.29 is 65.3 Å². The number of fused-ring (bicyclic) bond motifs is 3. The number of halogens is 6. The molecule has 0 amide bonds. The summed E-state index contributed by atoms with van der Waals surface area (Å²) >= 11 is 0. The fraction of sp³-hybridized carbons (Fsp3) is 0.150. The van der Waals surface area contributed by atoms with E-state index in [9.17, 15) is 50.3 Å². The van der Waals surface area contributed by atoms with Gasteiger partial charge in [-0.15, -0.1) is 0 Å². The lowest BCUT2D eigenvalue weighted by molar-refractivity contribution is -0.297. The van der Waals surface area contributed by atoms with Gasteiger partial charge in [-0.3, -0.25) is 4.79 Å². The molecule has 8 nitrogen and oxygen atoms in total. The van der Waals surface area contributed by atoms with Gasteiger partial charge in [-0.1, -0.05) is 12.1 Å². The summed E-state index contributed by atoms with van der Waals surface area (Å²) < 4.78 is 83.8. The van der Waals surface area contributed by atoms with Gasteiger partial charge in [0.15, 0.2) is 5.78 Å². The molecule has 0 heterocycles.